The van der Waals surface area contributed by atoms with Gasteiger partial charge in [-0.1, -0.05) is 6.07 Å². The third-order valence-corrected chi connectivity index (χ3v) is 4.28. The van der Waals surface area contributed by atoms with Crippen LogP contribution in [0.15, 0.2) is 41.0 Å². The van der Waals surface area contributed by atoms with Crippen molar-refractivity contribution in [2.75, 3.05) is 5.73 Å². The summed E-state index contributed by atoms with van der Waals surface area (Å²) >= 11 is 0. The van der Waals surface area contributed by atoms with Crippen LogP contribution in [0.3, 0.4) is 0 Å². The number of nitrogens with zero attached hydrogens (tertiary/aromatic N) is 7. The van der Waals surface area contributed by atoms with E-state index in [1.54, 1.807) is 18.2 Å². The number of hydrogen-bond donors (Lipinski definition) is 3. The smallest absolute Gasteiger partial charge is 0.238 e. The van der Waals surface area contributed by atoms with Crippen molar-refractivity contribution in [3.8, 4) is 17.4 Å². The van der Waals surface area contributed by atoms with Crippen molar-refractivity contribution in [3.63, 3.8) is 0 Å². The number of aromatic hydroxyl groups is 2. The van der Waals surface area contributed by atoms with Gasteiger partial charge in [-0.15, -0.1) is 20.1 Å². The van der Waals surface area contributed by atoms with E-state index < -0.39 is 0 Å². The van der Waals surface area contributed by atoms with Crippen molar-refractivity contribution < 1.29 is 14.6 Å². The molecule has 1 aromatic carbocycles. The Bertz CT molecular complexity index is 1310. The molecule has 0 spiro atoms. The Labute approximate surface area is 156 Å². The molecular formula is C17H14N8O3. The van der Waals surface area contributed by atoms with Crippen LogP contribution in [0.4, 0.5) is 5.95 Å². The van der Waals surface area contributed by atoms with Crippen LogP contribution in [0.5, 0.6) is 11.5 Å². The molecular weight excluding hydrogens is 364 g/mol. The van der Waals surface area contributed by atoms with Crippen LogP contribution >= 0.6 is 0 Å². The first-order valence-electron chi connectivity index (χ1n) is 8.41. The van der Waals surface area contributed by atoms with Gasteiger partial charge < -0.3 is 20.4 Å². The van der Waals surface area contributed by atoms with Gasteiger partial charge in [-0.3, -0.25) is 0 Å². The maximum Gasteiger partial charge on any atom is 0.238 e. The largest absolute Gasteiger partial charge is 0.504 e. The number of aromatic nitrogens is 7. The number of furan rings is 1. The maximum atomic E-state index is 9.61. The summed E-state index contributed by atoms with van der Waals surface area (Å²) in [6.07, 6.45) is 2.59. The molecule has 0 saturated heterocycles. The Morgan fingerprint density at radius 3 is 2.68 bits per heavy atom. The minimum atomic E-state index is -0.162. The summed E-state index contributed by atoms with van der Waals surface area (Å²) in [6, 6.07) is 8.14. The van der Waals surface area contributed by atoms with Gasteiger partial charge in [0.25, 0.3) is 0 Å². The SMILES string of the molecule is Nc1nc2nn(-c3ccco3)nc2c2nc(CCc3ccc(O)c(O)c3)nn12. The van der Waals surface area contributed by atoms with Crippen molar-refractivity contribution >= 4 is 22.8 Å². The predicted molar refractivity (Wildman–Crippen MR) is 97.1 cm³/mol. The lowest BCUT2D eigenvalue weighted by molar-refractivity contribution is 0.403. The Morgan fingerprint density at radius 2 is 1.89 bits per heavy atom. The van der Waals surface area contributed by atoms with Crippen LogP contribution in [0, 0.1) is 0 Å². The zero-order chi connectivity index (χ0) is 19.3. The van der Waals surface area contributed by atoms with E-state index in [0.717, 1.165) is 5.56 Å². The van der Waals surface area contributed by atoms with Crippen molar-refractivity contribution in [1.82, 2.24) is 34.6 Å². The van der Waals surface area contributed by atoms with Gasteiger partial charge in [0.15, 0.2) is 28.5 Å². The highest BCUT2D eigenvalue weighted by atomic mass is 16.3. The van der Waals surface area contributed by atoms with Crippen molar-refractivity contribution in [3.05, 3.63) is 48.0 Å². The number of rotatable bonds is 4. The molecule has 4 aromatic heterocycles. The lowest BCUT2D eigenvalue weighted by Gasteiger charge is -2.01. The molecule has 28 heavy (non-hydrogen) atoms. The van der Waals surface area contributed by atoms with E-state index in [4.69, 9.17) is 10.2 Å². The zero-order valence-corrected chi connectivity index (χ0v) is 14.4. The van der Waals surface area contributed by atoms with E-state index in [2.05, 4.69) is 25.3 Å². The second-order valence-corrected chi connectivity index (χ2v) is 6.17. The lowest BCUT2D eigenvalue weighted by Crippen LogP contribution is -2.02. The van der Waals surface area contributed by atoms with Crippen LogP contribution in [0.2, 0.25) is 0 Å². The topological polar surface area (TPSA) is 153 Å². The van der Waals surface area contributed by atoms with E-state index in [1.165, 1.54) is 27.7 Å². The fourth-order valence-corrected chi connectivity index (χ4v) is 2.91. The minimum absolute atomic E-state index is 0.148. The predicted octanol–water partition coefficient (Wildman–Crippen LogP) is 1.23. The number of aryl methyl sites for hydroxylation is 2. The van der Waals surface area contributed by atoms with Crippen LogP contribution in [-0.2, 0) is 12.8 Å². The monoisotopic (exact) mass is 378 g/mol. The van der Waals surface area contributed by atoms with Gasteiger partial charge in [0.2, 0.25) is 17.5 Å². The lowest BCUT2D eigenvalue weighted by atomic mass is 10.1. The molecule has 0 atom stereocenters. The normalized spacial score (nSPS) is 11.6. The number of benzene rings is 1. The first-order valence-corrected chi connectivity index (χ1v) is 8.41. The van der Waals surface area contributed by atoms with Gasteiger partial charge >= 0.3 is 0 Å². The average molecular weight is 378 g/mol. The molecule has 0 aliphatic heterocycles. The molecule has 4 heterocycles. The summed E-state index contributed by atoms with van der Waals surface area (Å²) < 4.78 is 6.72. The first kappa shape index (κ1) is 16.1. The molecule has 4 N–H and O–H groups in total. The maximum absolute atomic E-state index is 9.61. The summed E-state index contributed by atoms with van der Waals surface area (Å²) in [5.41, 5.74) is 8.07. The van der Waals surface area contributed by atoms with Gasteiger partial charge in [-0.05, 0) is 30.2 Å². The molecule has 11 heteroatoms. The summed E-state index contributed by atoms with van der Waals surface area (Å²) in [4.78, 5) is 10.1. The molecule has 0 saturated carbocycles. The highest BCUT2D eigenvalue weighted by Crippen LogP contribution is 2.25. The number of nitrogen functional groups attached to an aromatic ring is 1. The number of phenolic OH excluding ortho intramolecular Hbond substituents is 2. The molecule has 140 valence electrons. The minimum Gasteiger partial charge on any atom is -0.504 e. The number of nitrogens with two attached hydrogens (primary N) is 1. The molecule has 0 unspecified atom stereocenters. The van der Waals surface area contributed by atoms with E-state index in [1.807, 2.05) is 0 Å². The van der Waals surface area contributed by atoms with Crippen molar-refractivity contribution in [2.24, 2.45) is 0 Å². The fourth-order valence-electron chi connectivity index (χ4n) is 2.91. The average Bonchev–Trinajstić information content (AvgIpc) is 3.41. The quantitative estimate of drug-likeness (QED) is 0.392. The zero-order valence-electron chi connectivity index (χ0n) is 14.4. The van der Waals surface area contributed by atoms with Crippen molar-refractivity contribution in [2.45, 2.75) is 12.8 Å². The molecule has 0 fully saturated rings. The highest BCUT2D eigenvalue weighted by molar-refractivity contribution is 5.85. The molecule has 5 aromatic rings. The van der Waals surface area contributed by atoms with E-state index in [0.29, 0.717) is 41.4 Å². The fraction of sp³-hybridized carbons (Fsp3) is 0.118. The molecule has 0 amide bonds. The van der Waals surface area contributed by atoms with Gasteiger partial charge in [-0.2, -0.15) is 9.50 Å². The second-order valence-electron chi connectivity index (χ2n) is 6.17. The number of hydrogen-bond acceptors (Lipinski definition) is 9. The van der Waals surface area contributed by atoms with Crippen LogP contribution in [-0.4, -0.2) is 44.8 Å². The first-order chi connectivity index (χ1) is 13.6. The molecule has 0 radical (unpaired) electrons. The molecule has 5 rings (SSSR count). The number of phenols is 2. The number of fused-ring (bicyclic) bond motifs is 3. The Balaban J connectivity index is 1.51. The third kappa shape index (κ3) is 2.57. The molecule has 0 aliphatic rings. The van der Waals surface area contributed by atoms with Crippen LogP contribution < -0.4 is 5.73 Å². The van der Waals surface area contributed by atoms with E-state index >= 15 is 0 Å². The summed E-state index contributed by atoms with van der Waals surface area (Å²) in [7, 11) is 0. The highest BCUT2D eigenvalue weighted by Gasteiger charge is 2.17. The van der Waals surface area contributed by atoms with Crippen LogP contribution in [0.25, 0.3) is 22.7 Å². The van der Waals surface area contributed by atoms with E-state index in [9.17, 15) is 10.2 Å². The Kier molecular flexibility index (Phi) is 3.41. The number of anilines is 1. The summed E-state index contributed by atoms with van der Waals surface area (Å²) in [5.74, 6) is 0.818. The van der Waals surface area contributed by atoms with Gasteiger partial charge in [0, 0.05) is 12.5 Å². The second kappa shape index (κ2) is 5.94. The standard InChI is InChI=1S/C17H14N8O3/c18-17-20-15-14(22-25(23-15)13-2-1-7-28-13)16-19-12(21-24(16)17)6-4-9-3-5-10(26)11(27)8-9/h1-3,5,7-8,26-27H,4,6H2,(H2,18,20,23). The molecule has 11 nitrogen and oxygen atoms in total. The van der Waals surface area contributed by atoms with Gasteiger partial charge in [0.1, 0.15) is 0 Å². The molecule has 0 aliphatic carbocycles. The molecule has 0 bridgehead atoms. The van der Waals surface area contributed by atoms with Crippen molar-refractivity contribution in [1.29, 1.82) is 0 Å². The van der Waals surface area contributed by atoms with E-state index in [-0.39, 0.29) is 17.4 Å². The van der Waals surface area contributed by atoms with Crippen LogP contribution in [0.1, 0.15) is 11.4 Å². The third-order valence-electron chi connectivity index (χ3n) is 4.28. The van der Waals surface area contributed by atoms with Gasteiger partial charge in [-0.25, -0.2) is 4.98 Å². The Morgan fingerprint density at radius 1 is 1.00 bits per heavy atom. The Hall–Kier alpha value is -4.15. The summed E-state index contributed by atoms with van der Waals surface area (Å²) in [5, 5.41) is 32.1. The summed E-state index contributed by atoms with van der Waals surface area (Å²) in [6.45, 7) is 0. The van der Waals surface area contributed by atoms with Gasteiger partial charge in [0.05, 0.1) is 6.26 Å².